The average molecular weight is 203 g/mol. The van der Waals surface area contributed by atoms with Gasteiger partial charge in [0.05, 0.1) is 13.0 Å². The van der Waals surface area contributed by atoms with Crippen LogP contribution in [0.15, 0.2) is 0 Å². The van der Waals surface area contributed by atoms with Crippen LogP contribution in [-0.2, 0) is 9.53 Å². The number of carbonyl (C=O) groups is 1. The molecule has 0 fully saturated rings. The summed E-state index contributed by atoms with van der Waals surface area (Å²) in [5, 5.41) is 10.5. The summed E-state index contributed by atoms with van der Waals surface area (Å²) in [6, 6.07) is -0.757. The van der Waals surface area contributed by atoms with Gasteiger partial charge in [-0.15, -0.1) is 0 Å². The molecule has 0 aliphatic carbocycles. The van der Waals surface area contributed by atoms with Gasteiger partial charge in [-0.3, -0.25) is 14.9 Å². The van der Waals surface area contributed by atoms with Crippen molar-refractivity contribution >= 4 is 5.97 Å². The molecule has 0 heterocycles. The molecule has 0 N–H and O–H groups in total. The second kappa shape index (κ2) is 4.93. The maximum Gasteiger partial charge on any atom is 0.306 e. The Kier molecular flexibility index (Phi) is 4.53. The van der Waals surface area contributed by atoms with Crippen LogP contribution in [0.2, 0.25) is 0 Å². The molecular weight excluding hydrogens is 186 g/mol. The van der Waals surface area contributed by atoms with Crippen molar-refractivity contribution in [3.8, 4) is 0 Å². The lowest BCUT2D eigenvalue weighted by Gasteiger charge is -2.24. The summed E-state index contributed by atoms with van der Waals surface area (Å²) >= 11 is 0. The van der Waals surface area contributed by atoms with E-state index in [1.54, 1.807) is 20.8 Å². The van der Waals surface area contributed by atoms with Gasteiger partial charge in [-0.25, -0.2) is 0 Å². The largest absolute Gasteiger partial charge is 0.466 e. The molecule has 14 heavy (non-hydrogen) atoms. The van der Waals surface area contributed by atoms with Crippen molar-refractivity contribution in [1.82, 2.24) is 0 Å². The first-order valence-corrected chi connectivity index (χ1v) is 4.60. The molecule has 0 radical (unpaired) electrons. The monoisotopic (exact) mass is 203 g/mol. The van der Waals surface area contributed by atoms with Crippen molar-refractivity contribution in [2.45, 2.75) is 40.2 Å². The van der Waals surface area contributed by atoms with Crippen molar-refractivity contribution in [3.63, 3.8) is 0 Å². The first kappa shape index (κ1) is 12.9. The van der Waals surface area contributed by atoms with E-state index in [-0.39, 0.29) is 17.3 Å². The highest BCUT2D eigenvalue weighted by Gasteiger charge is 2.37. The third kappa shape index (κ3) is 3.72. The van der Waals surface area contributed by atoms with Crippen molar-refractivity contribution in [1.29, 1.82) is 0 Å². The SMILES string of the molecule is CCOC(=O)CC(C)(C)C(C)[N+](=O)[O-]. The molecule has 0 saturated heterocycles. The first-order chi connectivity index (χ1) is 6.31. The van der Waals surface area contributed by atoms with E-state index in [0.717, 1.165) is 0 Å². The molecular formula is C9H17NO4. The molecule has 0 spiro atoms. The van der Waals surface area contributed by atoms with Gasteiger partial charge in [-0.1, -0.05) is 13.8 Å². The highest BCUT2D eigenvalue weighted by molar-refractivity contribution is 5.70. The van der Waals surface area contributed by atoms with Crippen molar-refractivity contribution in [3.05, 3.63) is 10.1 Å². The predicted molar refractivity (Wildman–Crippen MR) is 51.5 cm³/mol. The van der Waals surface area contributed by atoms with E-state index < -0.39 is 11.5 Å². The van der Waals surface area contributed by atoms with Gasteiger partial charge in [0.2, 0.25) is 6.04 Å². The second-order valence-electron chi connectivity index (χ2n) is 3.93. The summed E-state index contributed by atoms with van der Waals surface area (Å²) in [6.45, 7) is 6.90. The zero-order valence-electron chi connectivity index (χ0n) is 9.07. The van der Waals surface area contributed by atoms with Crippen LogP contribution in [-0.4, -0.2) is 23.5 Å². The van der Waals surface area contributed by atoms with Crippen LogP contribution in [0.4, 0.5) is 0 Å². The Morgan fingerprint density at radius 1 is 1.57 bits per heavy atom. The van der Waals surface area contributed by atoms with Crippen LogP contribution in [0.25, 0.3) is 0 Å². The topological polar surface area (TPSA) is 69.4 Å². The van der Waals surface area contributed by atoms with Gasteiger partial charge in [-0.2, -0.15) is 0 Å². The van der Waals surface area contributed by atoms with Crippen molar-refractivity contribution in [2.24, 2.45) is 5.41 Å². The number of hydrogen-bond acceptors (Lipinski definition) is 4. The zero-order chi connectivity index (χ0) is 11.4. The molecule has 0 rings (SSSR count). The van der Waals surface area contributed by atoms with Crippen LogP contribution >= 0.6 is 0 Å². The van der Waals surface area contributed by atoms with E-state index in [1.165, 1.54) is 6.92 Å². The standard InChI is InChI=1S/C9H17NO4/c1-5-14-8(11)6-9(3,4)7(2)10(12)13/h7H,5-6H2,1-4H3. The van der Waals surface area contributed by atoms with Gasteiger partial charge in [0.1, 0.15) is 0 Å². The minimum Gasteiger partial charge on any atom is -0.466 e. The Hall–Kier alpha value is -1.13. The highest BCUT2D eigenvalue weighted by Crippen LogP contribution is 2.27. The molecule has 1 atom stereocenters. The number of nitrogens with zero attached hydrogens (tertiary/aromatic N) is 1. The van der Waals surface area contributed by atoms with Crippen molar-refractivity contribution < 1.29 is 14.5 Å². The normalized spacial score (nSPS) is 13.4. The smallest absolute Gasteiger partial charge is 0.306 e. The minimum absolute atomic E-state index is 0.0724. The van der Waals surface area contributed by atoms with E-state index in [4.69, 9.17) is 4.74 Å². The molecule has 0 aromatic heterocycles. The Morgan fingerprint density at radius 2 is 2.07 bits per heavy atom. The third-order valence-corrected chi connectivity index (χ3v) is 2.35. The van der Waals surface area contributed by atoms with E-state index >= 15 is 0 Å². The molecule has 0 bridgehead atoms. The number of esters is 1. The summed E-state index contributed by atoms with van der Waals surface area (Å²) < 4.78 is 4.75. The number of hydrogen-bond donors (Lipinski definition) is 0. The summed E-state index contributed by atoms with van der Waals surface area (Å²) in [6.07, 6.45) is 0.0724. The fourth-order valence-corrected chi connectivity index (χ4v) is 1.02. The number of nitro groups is 1. The lowest BCUT2D eigenvalue weighted by atomic mass is 9.82. The summed E-state index contributed by atoms with van der Waals surface area (Å²) in [5.41, 5.74) is -0.671. The summed E-state index contributed by atoms with van der Waals surface area (Å²) in [5.74, 6) is -0.383. The number of carbonyl (C=O) groups excluding carboxylic acids is 1. The minimum atomic E-state index is -0.757. The molecule has 0 aliphatic rings. The quantitative estimate of drug-likeness (QED) is 0.387. The number of ether oxygens (including phenoxy) is 1. The van der Waals surface area contributed by atoms with E-state index in [1.807, 2.05) is 0 Å². The molecule has 0 aromatic carbocycles. The molecule has 1 unspecified atom stereocenters. The van der Waals surface area contributed by atoms with Crippen molar-refractivity contribution in [2.75, 3.05) is 6.61 Å². The fraction of sp³-hybridized carbons (Fsp3) is 0.889. The molecule has 82 valence electrons. The van der Waals surface area contributed by atoms with Gasteiger partial charge in [-0.05, 0) is 6.92 Å². The Morgan fingerprint density at radius 3 is 2.43 bits per heavy atom. The molecule has 5 nitrogen and oxygen atoms in total. The predicted octanol–water partition coefficient (Wildman–Crippen LogP) is 1.63. The van der Waals surface area contributed by atoms with Crippen LogP contribution in [0, 0.1) is 15.5 Å². The first-order valence-electron chi connectivity index (χ1n) is 4.60. The fourth-order valence-electron chi connectivity index (χ4n) is 1.02. The summed E-state index contributed by atoms with van der Waals surface area (Å²) in [4.78, 5) is 21.3. The lowest BCUT2D eigenvalue weighted by molar-refractivity contribution is -0.536. The van der Waals surface area contributed by atoms with Crippen LogP contribution in [0.3, 0.4) is 0 Å². The maximum atomic E-state index is 11.1. The lowest BCUT2D eigenvalue weighted by Crippen LogP contribution is -2.35. The van der Waals surface area contributed by atoms with Gasteiger partial charge in [0.15, 0.2) is 0 Å². The Balaban J connectivity index is 4.32. The average Bonchev–Trinajstić information content (AvgIpc) is 2.02. The number of rotatable bonds is 5. The van der Waals surface area contributed by atoms with Gasteiger partial charge < -0.3 is 4.74 Å². The third-order valence-electron chi connectivity index (χ3n) is 2.35. The van der Waals surface area contributed by atoms with E-state index in [0.29, 0.717) is 6.61 Å². The maximum absolute atomic E-state index is 11.1. The molecule has 5 heteroatoms. The van der Waals surface area contributed by atoms with Crippen LogP contribution in [0.5, 0.6) is 0 Å². The molecule has 0 amide bonds. The highest BCUT2D eigenvalue weighted by atomic mass is 16.6. The molecule has 0 saturated carbocycles. The van der Waals surface area contributed by atoms with E-state index in [2.05, 4.69) is 0 Å². The second-order valence-corrected chi connectivity index (χ2v) is 3.93. The summed E-state index contributed by atoms with van der Waals surface area (Å²) in [7, 11) is 0. The zero-order valence-corrected chi connectivity index (χ0v) is 9.07. The van der Waals surface area contributed by atoms with Gasteiger partial charge >= 0.3 is 5.97 Å². The van der Waals surface area contributed by atoms with Gasteiger partial charge in [0, 0.05) is 17.3 Å². The molecule has 0 aromatic rings. The Labute approximate surface area is 83.6 Å². The van der Waals surface area contributed by atoms with Gasteiger partial charge in [0.25, 0.3) is 0 Å². The van der Waals surface area contributed by atoms with Crippen LogP contribution in [0.1, 0.15) is 34.1 Å². The Bertz CT molecular complexity index is 225. The van der Waals surface area contributed by atoms with Crippen LogP contribution < -0.4 is 0 Å². The molecule has 0 aliphatic heterocycles. The van der Waals surface area contributed by atoms with E-state index in [9.17, 15) is 14.9 Å².